The summed E-state index contributed by atoms with van der Waals surface area (Å²) in [5.41, 5.74) is -0.400. The van der Waals surface area contributed by atoms with Gasteiger partial charge in [-0.2, -0.15) is 0 Å². The van der Waals surface area contributed by atoms with Gasteiger partial charge in [0.2, 0.25) is 0 Å². The van der Waals surface area contributed by atoms with Crippen LogP contribution in [0, 0.1) is 11.8 Å². The van der Waals surface area contributed by atoms with Crippen LogP contribution in [0.1, 0.15) is 59.9 Å². The topological polar surface area (TPSA) is 66.8 Å². The largest absolute Gasteiger partial charge is 0.479 e. The fourth-order valence-electron chi connectivity index (χ4n) is 3.58. The number of nitrogens with zero attached hydrogens (tertiary/aromatic N) is 1. The molecule has 0 fully saturated rings. The predicted octanol–water partition coefficient (Wildman–Crippen LogP) is 4.95. The molecule has 0 aliphatic heterocycles. The lowest BCUT2D eigenvalue weighted by molar-refractivity contribution is -0.154. The van der Waals surface area contributed by atoms with Crippen LogP contribution in [0.5, 0.6) is 0 Å². The van der Waals surface area contributed by atoms with Gasteiger partial charge in [0.05, 0.1) is 0 Å². The molecule has 0 unspecified atom stereocenters. The van der Waals surface area contributed by atoms with E-state index in [9.17, 15) is 14.7 Å². The molecule has 1 rings (SSSR count). The first kappa shape index (κ1) is 22.0. The number of ether oxygens (including phenoxy) is 1. The molecular formula is C21H33NO4. The van der Waals surface area contributed by atoms with Gasteiger partial charge in [0, 0.05) is 6.04 Å². The first-order chi connectivity index (χ1) is 12.1. The van der Waals surface area contributed by atoms with Crippen LogP contribution in [0.2, 0.25) is 0 Å². The molecule has 5 nitrogen and oxygen atoms in total. The highest BCUT2D eigenvalue weighted by Gasteiger charge is 2.49. The predicted molar refractivity (Wildman–Crippen MR) is 103 cm³/mol. The van der Waals surface area contributed by atoms with Crippen LogP contribution < -0.4 is 0 Å². The summed E-state index contributed by atoms with van der Waals surface area (Å²) in [5, 5.41) is 10.1. The van der Waals surface area contributed by atoms with Gasteiger partial charge in [-0.25, -0.2) is 9.59 Å². The van der Waals surface area contributed by atoms with E-state index in [0.29, 0.717) is 12.8 Å². The molecule has 5 heteroatoms. The van der Waals surface area contributed by atoms with E-state index >= 15 is 0 Å². The smallest absolute Gasteiger partial charge is 0.411 e. The maximum atomic E-state index is 12.9. The molecule has 0 heterocycles. The van der Waals surface area contributed by atoms with Crippen molar-refractivity contribution in [2.75, 3.05) is 0 Å². The van der Waals surface area contributed by atoms with Crippen LogP contribution in [0.15, 0.2) is 30.3 Å². The number of amides is 1. The van der Waals surface area contributed by atoms with E-state index in [-0.39, 0.29) is 24.5 Å². The summed E-state index contributed by atoms with van der Waals surface area (Å²) in [4.78, 5) is 26.7. The quantitative estimate of drug-likeness (QED) is 0.674. The lowest BCUT2D eigenvalue weighted by Crippen LogP contribution is -2.61. The Bertz CT molecular complexity index is 571. The second-order valence-electron chi connectivity index (χ2n) is 8.04. The minimum Gasteiger partial charge on any atom is -0.479 e. The molecule has 0 atom stereocenters. The molecule has 1 aromatic rings. The average molecular weight is 363 g/mol. The average Bonchev–Trinajstić information content (AvgIpc) is 2.52. The fraction of sp³-hybridized carbons (Fsp3) is 0.619. The molecule has 26 heavy (non-hydrogen) atoms. The van der Waals surface area contributed by atoms with E-state index in [1.54, 1.807) is 0 Å². The van der Waals surface area contributed by atoms with E-state index < -0.39 is 17.6 Å². The lowest BCUT2D eigenvalue weighted by atomic mass is 9.79. The molecule has 0 aliphatic rings. The Hall–Kier alpha value is -2.04. The summed E-state index contributed by atoms with van der Waals surface area (Å²) in [5.74, 6) is -0.702. The summed E-state index contributed by atoms with van der Waals surface area (Å²) in [6.07, 6.45) is 0.200. The SMILES string of the molecule is CC(C)CC(CC(C)C)(C(=O)O)N(C(=O)OCc1ccccc1)C(C)C. The first-order valence-electron chi connectivity index (χ1n) is 9.33. The molecule has 1 amide bonds. The minimum atomic E-state index is -1.27. The highest BCUT2D eigenvalue weighted by molar-refractivity contribution is 5.84. The number of carbonyl (C=O) groups is 2. The maximum absolute atomic E-state index is 12.9. The molecule has 0 saturated carbocycles. The summed E-state index contributed by atoms with van der Waals surface area (Å²) in [6.45, 7) is 11.7. The van der Waals surface area contributed by atoms with Crippen LogP contribution >= 0.6 is 0 Å². The number of aliphatic carboxylic acids is 1. The molecule has 0 aromatic heterocycles. The van der Waals surface area contributed by atoms with Crippen molar-refractivity contribution in [3.8, 4) is 0 Å². The van der Waals surface area contributed by atoms with Crippen LogP contribution in [0.3, 0.4) is 0 Å². The second kappa shape index (κ2) is 9.60. The van der Waals surface area contributed by atoms with Crippen LogP contribution in [0.4, 0.5) is 4.79 Å². The van der Waals surface area contributed by atoms with Gasteiger partial charge in [0.1, 0.15) is 12.1 Å². The van der Waals surface area contributed by atoms with E-state index in [4.69, 9.17) is 4.74 Å². The van der Waals surface area contributed by atoms with Gasteiger partial charge in [-0.05, 0) is 44.1 Å². The summed E-state index contributed by atoms with van der Waals surface area (Å²) < 4.78 is 5.49. The highest BCUT2D eigenvalue weighted by atomic mass is 16.6. The molecule has 1 aromatic carbocycles. The second-order valence-corrected chi connectivity index (χ2v) is 8.04. The van der Waals surface area contributed by atoms with Crippen molar-refractivity contribution in [1.29, 1.82) is 0 Å². The van der Waals surface area contributed by atoms with Crippen LogP contribution in [0.25, 0.3) is 0 Å². The van der Waals surface area contributed by atoms with Crippen LogP contribution in [-0.4, -0.2) is 33.6 Å². The highest BCUT2D eigenvalue weighted by Crippen LogP contribution is 2.34. The molecule has 0 aliphatic carbocycles. The Morgan fingerprint density at radius 3 is 1.88 bits per heavy atom. The van der Waals surface area contributed by atoms with Crippen molar-refractivity contribution in [3.63, 3.8) is 0 Å². The molecule has 0 bridgehead atoms. The summed E-state index contributed by atoms with van der Waals surface area (Å²) in [6, 6.07) is 9.11. The summed E-state index contributed by atoms with van der Waals surface area (Å²) in [7, 11) is 0. The molecule has 146 valence electrons. The third-order valence-electron chi connectivity index (χ3n) is 4.27. The normalized spacial score (nSPS) is 11.9. The van der Waals surface area contributed by atoms with Crippen molar-refractivity contribution >= 4 is 12.1 Å². The van der Waals surface area contributed by atoms with Crippen molar-refractivity contribution in [2.45, 2.75) is 72.6 Å². The lowest BCUT2D eigenvalue weighted by Gasteiger charge is -2.44. The van der Waals surface area contributed by atoms with Crippen molar-refractivity contribution < 1.29 is 19.4 Å². The Labute approximate surface area is 157 Å². The zero-order valence-corrected chi connectivity index (χ0v) is 16.9. The van der Waals surface area contributed by atoms with Gasteiger partial charge < -0.3 is 9.84 Å². The summed E-state index contributed by atoms with van der Waals surface area (Å²) >= 11 is 0. The molecule has 0 radical (unpaired) electrons. The first-order valence-corrected chi connectivity index (χ1v) is 9.33. The number of hydrogen-bond acceptors (Lipinski definition) is 3. The fourth-order valence-corrected chi connectivity index (χ4v) is 3.58. The van der Waals surface area contributed by atoms with Crippen LogP contribution in [-0.2, 0) is 16.1 Å². The third-order valence-corrected chi connectivity index (χ3v) is 4.27. The van der Waals surface area contributed by atoms with Gasteiger partial charge >= 0.3 is 12.1 Å². The number of carboxylic acids is 1. The van der Waals surface area contributed by atoms with Crippen molar-refractivity contribution in [2.24, 2.45) is 11.8 Å². The molecule has 0 saturated heterocycles. The van der Waals surface area contributed by atoms with Crippen molar-refractivity contribution in [1.82, 2.24) is 4.90 Å². The number of carboxylic acid groups (broad SMARTS) is 1. The Kier molecular flexibility index (Phi) is 8.12. The number of rotatable bonds is 9. The van der Waals surface area contributed by atoms with Gasteiger partial charge in [0.15, 0.2) is 0 Å². The Balaban J connectivity index is 3.16. The van der Waals surface area contributed by atoms with E-state index in [2.05, 4.69) is 0 Å². The van der Waals surface area contributed by atoms with E-state index in [1.807, 2.05) is 71.9 Å². The van der Waals surface area contributed by atoms with E-state index in [1.165, 1.54) is 4.90 Å². The molecule has 0 spiro atoms. The third kappa shape index (κ3) is 5.75. The number of benzene rings is 1. The Morgan fingerprint density at radius 2 is 1.50 bits per heavy atom. The maximum Gasteiger partial charge on any atom is 0.411 e. The zero-order valence-electron chi connectivity index (χ0n) is 16.9. The Morgan fingerprint density at radius 1 is 1.00 bits per heavy atom. The molecule has 1 N–H and O–H groups in total. The van der Waals surface area contributed by atoms with Gasteiger partial charge in [-0.1, -0.05) is 58.0 Å². The van der Waals surface area contributed by atoms with Crippen molar-refractivity contribution in [3.05, 3.63) is 35.9 Å². The monoisotopic (exact) mass is 363 g/mol. The van der Waals surface area contributed by atoms with Gasteiger partial charge in [-0.3, -0.25) is 4.90 Å². The standard InChI is InChI=1S/C21H33NO4/c1-15(2)12-21(19(23)24,13-16(3)4)22(17(5)6)20(25)26-14-18-10-8-7-9-11-18/h7-11,15-17H,12-14H2,1-6H3,(H,23,24). The van der Waals surface area contributed by atoms with Gasteiger partial charge in [0.25, 0.3) is 0 Å². The van der Waals surface area contributed by atoms with E-state index in [0.717, 1.165) is 5.56 Å². The number of carbonyl (C=O) groups excluding carboxylic acids is 1. The zero-order chi connectivity index (χ0) is 19.9. The molecular weight excluding hydrogens is 330 g/mol. The number of hydrogen-bond donors (Lipinski definition) is 1. The minimum absolute atomic E-state index is 0.127. The van der Waals surface area contributed by atoms with Gasteiger partial charge in [-0.15, -0.1) is 0 Å².